The predicted molar refractivity (Wildman–Crippen MR) is 35.0 cm³/mol. The second-order valence-corrected chi connectivity index (χ2v) is 3.19. The zero-order chi connectivity index (χ0) is 6.43. The van der Waals surface area contributed by atoms with Crippen molar-refractivity contribution < 1.29 is 4.79 Å². The van der Waals surface area contributed by atoms with E-state index >= 15 is 0 Å². The molecule has 9 heavy (non-hydrogen) atoms. The van der Waals surface area contributed by atoms with Crippen molar-refractivity contribution >= 4 is 5.78 Å². The average Bonchev–Trinajstić information content (AvgIpc) is 2.22. The molecule has 0 spiro atoms. The van der Waals surface area contributed by atoms with Crippen LogP contribution in [0.25, 0.3) is 0 Å². The molecular weight excluding hydrogens is 112 g/mol. The van der Waals surface area contributed by atoms with E-state index in [9.17, 15) is 4.79 Å². The number of carbonyl (C=O) groups is 1. The van der Waals surface area contributed by atoms with Gasteiger partial charge in [-0.3, -0.25) is 4.79 Å². The van der Waals surface area contributed by atoms with Crippen LogP contribution in [0.5, 0.6) is 0 Å². The lowest BCUT2D eigenvalue weighted by atomic mass is 9.95. The van der Waals surface area contributed by atoms with Crippen molar-refractivity contribution in [2.75, 3.05) is 0 Å². The molecule has 48 valence electrons. The molecule has 0 saturated heterocycles. The molecule has 0 N–H and O–H groups in total. The quantitative estimate of drug-likeness (QED) is 0.445. The summed E-state index contributed by atoms with van der Waals surface area (Å²) < 4.78 is 0. The summed E-state index contributed by atoms with van der Waals surface area (Å²) >= 11 is 0. The highest BCUT2D eigenvalue weighted by Gasteiger charge is 2.40. The van der Waals surface area contributed by atoms with Crippen molar-refractivity contribution in [3.8, 4) is 0 Å². The maximum Gasteiger partial charge on any atom is 0.140 e. The van der Waals surface area contributed by atoms with Gasteiger partial charge in [0.1, 0.15) is 5.78 Å². The fraction of sp³-hybridized carbons (Fsp3) is 0.625. The van der Waals surface area contributed by atoms with E-state index in [0.717, 1.165) is 19.3 Å². The minimum atomic E-state index is 0.273. The molecule has 0 aromatic heterocycles. The van der Waals surface area contributed by atoms with Gasteiger partial charge in [0.2, 0.25) is 0 Å². The van der Waals surface area contributed by atoms with E-state index in [0.29, 0.717) is 11.7 Å². The Balaban J connectivity index is 2.31. The van der Waals surface area contributed by atoms with E-state index in [-0.39, 0.29) is 5.92 Å². The monoisotopic (exact) mass is 122 g/mol. The van der Waals surface area contributed by atoms with Crippen molar-refractivity contribution in [3.05, 3.63) is 12.2 Å². The molecule has 2 atom stereocenters. The largest absolute Gasteiger partial charge is 0.299 e. The number of fused-ring (bicyclic) bond motifs is 2. The number of hydrogen-bond donors (Lipinski definition) is 0. The molecule has 0 aromatic rings. The van der Waals surface area contributed by atoms with Crippen LogP contribution in [0.3, 0.4) is 0 Å². The van der Waals surface area contributed by atoms with E-state index in [4.69, 9.17) is 0 Å². The standard InChI is InChI=1S/C8H10O/c1-5-2-6-3-7(5)8(9)4-6/h6-7H,1-4H2. The lowest BCUT2D eigenvalue weighted by molar-refractivity contribution is -0.120. The molecule has 0 aliphatic heterocycles. The Morgan fingerprint density at radius 2 is 2.22 bits per heavy atom. The van der Waals surface area contributed by atoms with Crippen LogP contribution in [-0.4, -0.2) is 5.78 Å². The van der Waals surface area contributed by atoms with Crippen LogP contribution in [0.15, 0.2) is 12.2 Å². The van der Waals surface area contributed by atoms with Gasteiger partial charge < -0.3 is 0 Å². The summed E-state index contributed by atoms with van der Waals surface area (Å²) in [6.45, 7) is 3.87. The molecule has 2 unspecified atom stereocenters. The topological polar surface area (TPSA) is 17.1 Å². The lowest BCUT2D eigenvalue weighted by Gasteiger charge is -2.08. The molecule has 1 heteroatoms. The normalized spacial score (nSPS) is 40.4. The molecule has 2 fully saturated rings. The Morgan fingerprint density at radius 1 is 1.44 bits per heavy atom. The van der Waals surface area contributed by atoms with Gasteiger partial charge in [0.05, 0.1) is 0 Å². The molecule has 2 saturated carbocycles. The average molecular weight is 122 g/mol. The van der Waals surface area contributed by atoms with E-state index in [2.05, 4.69) is 6.58 Å². The highest BCUT2D eigenvalue weighted by Crippen LogP contribution is 2.44. The third-order valence-electron chi connectivity index (χ3n) is 2.49. The van der Waals surface area contributed by atoms with Gasteiger partial charge in [-0.2, -0.15) is 0 Å². The summed E-state index contributed by atoms with van der Waals surface area (Å²) in [6.07, 6.45) is 3.07. The molecule has 0 amide bonds. The van der Waals surface area contributed by atoms with Crippen molar-refractivity contribution in [1.82, 2.24) is 0 Å². The number of ketones is 1. The SMILES string of the molecule is C=C1CC2CC(=O)C1C2. The van der Waals surface area contributed by atoms with Gasteiger partial charge in [0.25, 0.3) is 0 Å². The first-order valence-electron chi connectivity index (χ1n) is 3.48. The smallest absolute Gasteiger partial charge is 0.140 e. The van der Waals surface area contributed by atoms with Gasteiger partial charge >= 0.3 is 0 Å². The first-order chi connectivity index (χ1) is 4.27. The molecule has 2 aliphatic rings. The zero-order valence-corrected chi connectivity index (χ0v) is 5.39. The maximum absolute atomic E-state index is 11.0. The Hall–Kier alpha value is -0.590. The van der Waals surface area contributed by atoms with Crippen LogP contribution in [-0.2, 0) is 4.79 Å². The Bertz CT molecular complexity index is 163. The summed E-state index contributed by atoms with van der Waals surface area (Å²) in [4.78, 5) is 11.0. The molecular formula is C8H10O. The zero-order valence-electron chi connectivity index (χ0n) is 5.39. The number of allylic oxidation sites excluding steroid dienone is 1. The summed E-state index contributed by atoms with van der Waals surface area (Å²) in [7, 11) is 0. The van der Waals surface area contributed by atoms with E-state index in [1.165, 1.54) is 5.57 Å². The minimum absolute atomic E-state index is 0.273. The van der Waals surface area contributed by atoms with Gasteiger partial charge in [-0.05, 0) is 18.8 Å². The van der Waals surface area contributed by atoms with Gasteiger partial charge in [0.15, 0.2) is 0 Å². The van der Waals surface area contributed by atoms with Gasteiger partial charge in [-0.15, -0.1) is 0 Å². The second-order valence-electron chi connectivity index (χ2n) is 3.19. The number of carbonyl (C=O) groups excluding carboxylic acids is 1. The fourth-order valence-electron chi connectivity index (χ4n) is 2.04. The first kappa shape index (κ1) is 5.21. The third-order valence-corrected chi connectivity index (χ3v) is 2.49. The first-order valence-corrected chi connectivity index (χ1v) is 3.48. The van der Waals surface area contributed by atoms with Gasteiger partial charge in [-0.25, -0.2) is 0 Å². The van der Waals surface area contributed by atoms with Gasteiger partial charge in [-0.1, -0.05) is 12.2 Å². The van der Waals surface area contributed by atoms with Crippen molar-refractivity contribution in [3.63, 3.8) is 0 Å². The molecule has 2 aliphatic carbocycles. The summed E-state index contributed by atoms with van der Waals surface area (Å²) in [5.41, 5.74) is 1.19. The van der Waals surface area contributed by atoms with Crippen LogP contribution in [0, 0.1) is 11.8 Å². The molecule has 0 heterocycles. The maximum atomic E-state index is 11.0. The number of hydrogen-bond acceptors (Lipinski definition) is 1. The van der Waals surface area contributed by atoms with E-state index in [1.54, 1.807) is 0 Å². The minimum Gasteiger partial charge on any atom is -0.299 e. The van der Waals surface area contributed by atoms with E-state index < -0.39 is 0 Å². The molecule has 1 nitrogen and oxygen atoms in total. The molecule has 2 rings (SSSR count). The summed E-state index contributed by atoms with van der Waals surface area (Å²) in [6, 6.07) is 0. The lowest BCUT2D eigenvalue weighted by Crippen LogP contribution is -2.10. The molecule has 0 radical (unpaired) electrons. The number of Topliss-reactive ketones (excluding diaryl/α,β-unsaturated/α-hetero) is 1. The summed E-state index contributed by atoms with van der Waals surface area (Å²) in [5, 5.41) is 0. The van der Waals surface area contributed by atoms with Crippen LogP contribution in [0.2, 0.25) is 0 Å². The van der Waals surface area contributed by atoms with Crippen LogP contribution >= 0.6 is 0 Å². The second kappa shape index (κ2) is 1.47. The van der Waals surface area contributed by atoms with E-state index in [1.807, 2.05) is 0 Å². The van der Waals surface area contributed by atoms with Crippen LogP contribution < -0.4 is 0 Å². The van der Waals surface area contributed by atoms with Crippen LogP contribution in [0.4, 0.5) is 0 Å². The van der Waals surface area contributed by atoms with Crippen molar-refractivity contribution in [2.24, 2.45) is 11.8 Å². The number of rotatable bonds is 0. The van der Waals surface area contributed by atoms with Crippen molar-refractivity contribution in [1.29, 1.82) is 0 Å². The van der Waals surface area contributed by atoms with Crippen molar-refractivity contribution in [2.45, 2.75) is 19.3 Å². The Labute approximate surface area is 54.8 Å². The van der Waals surface area contributed by atoms with Crippen LogP contribution in [0.1, 0.15) is 19.3 Å². The fourth-order valence-corrected chi connectivity index (χ4v) is 2.04. The molecule has 2 bridgehead atoms. The van der Waals surface area contributed by atoms with Gasteiger partial charge in [0, 0.05) is 12.3 Å². The highest BCUT2D eigenvalue weighted by atomic mass is 16.1. The predicted octanol–water partition coefficient (Wildman–Crippen LogP) is 1.54. The third kappa shape index (κ3) is 0.576. The Morgan fingerprint density at radius 3 is 2.56 bits per heavy atom. The summed E-state index contributed by atoms with van der Waals surface area (Å²) in [5.74, 6) is 1.39. The highest BCUT2D eigenvalue weighted by molar-refractivity contribution is 5.87. The molecule has 0 aromatic carbocycles. The Kier molecular flexibility index (Phi) is 0.850.